The molecule has 1 fully saturated rings. The third-order valence-electron chi connectivity index (χ3n) is 9.26. The molecular weight excluding hydrogens is 606 g/mol. The second-order valence-electron chi connectivity index (χ2n) is 15.4. The minimum atomic E-state index is -0.824. The molecule has 2 aromatic rings. The van der Waals surface area contributed by atoms with Crippen LogP contribution in [0.2, 0.25) is 0 Å². The van der Waals surface area contributed by atoms with Crippen molar-refractivity contribution in [3.05, 3.63) is 59.7 Å². The summed E-state index contributed by atoms with van der Waals surface area (Å²) in [5, 5.41) is 0. The molecule has 3 rings (SSSR count). The first-order valence-corrected chi connectivity index (χ1v) is 17.8. The molecule has 0 saturated carbocycles. The molecule has 0 unspecified atom stereocenters. The summed E-state index contributed by atoms with van der Waals surface area (Å²) in [7, 11) is 3.36. The monoisotopic (exact) mass is 669 g/mol. The number of amides is 1. The summed E-state index contributed by atoms with van der Waals surface area (Å²) in [6, 6.07) is 16.3. The van der Waals surface area contributed by atoms with Gasteiger partial charge in [0.1, 0.15) is 11.3 Å². The van der Waals surface area contributed by atoms with Crippen molar-refractivity contribution in [3.8, 4) is 11.5 Å². The van der Waals surface area contributed by atoms with Crippen molar-refractivity contribution in [1.29, 1.82) is 0 Å². The minimum Gasteiger partial charge on any atom is -0.493 e. The second-order valence-corrected chi connectivity index (χ2v) is 15.4. The van der Waals surface area contributed by atoms with Crippen LogP contribution in [0.3, 0.4) is 0 Å². The Morgan fingerprint density at radius 2 is 1.58 bits per heavy atom. The largest absolute Gasteiger partial charge is 0.493 e. The average molecular weight is 670 g/mol. The standard InChI is InChI=1S/C40H63NO7/c1-28(2)32(22-31-18-19-35(44-11)37(23-31)46-21-15-20-43-10)25-36-34(41(40(8,9)47-36)38(42)48-39(5,6)7)24-33(29(3)4)27-45-26-30-16-13-12-14-17-30/h12-14,16-19,23,28-29,32-34,36H,15,20-22,24-27H2,1-11H3/t32-,33+,34-,36+/m0/s1. The Bertz CT molecular complexity index is 1240. The summed E-state index contributed by atoms with van der Waals surface area (Å²) in [6.45, 7) is 21.1. The molecule has 2 aromatic carbocycles. The number of benzene rings is 2. The van der Waals surface area contributed by atoms with E-state index in [0.29, 0.717) is 44.2 Å². The SMILES string of the molecule is COCCCOc1cc(C[C@@H](C[C@H]2OC(C)(C)N(C(=O)OC(C)(C)C)[C@H]2C[C@H](COCc2ccccc2)C(C)C)C(C)C)ccc1OC. The maximum absolute atomic E-state index is 13.9. The second kappa shape index (κ2) is 18.3. The zero-order valence-electron chi connectivity index (χ0n) is 31.5. The highest BCUT2D eigenvalue weighted by molar-refractivity contribution is 5.70. The third kappa shape index (κ3) is 12.0. The average Bonchev–Trinajstić information content (AvgIpc) is 3.26. The summed E-state index contributed by atoms with van der Waals surface area (Å²) in [5.41, 5.74) is 0.892. The van der Waals surface area contributed by atoms with Crippen LogP contribution in [-0.4, -0.2) is 68.5 Å². The summed E-state index contributed by atoms with van der Waals surface area (Å²) in [6.07, 6.45) is 2.71. The van der Waals surface area contributed by atoms with Crippen molar-refractivity contribution in [2.45, 2.75) is 118 Å². The molecule has 8 heteroatoms. The summed E-state index contributed by atoms with van der Waals surface area (Å²) in [5.74, 6) is 2.73. The molecule has 1 amide bonds. The highest BCUT2D eigenvalue weighted by atomic mass is 16.6. The van der Waals surface area contributed by atoms with Gasteiger partial charge in [0.25, 0.3) is 0 Å². The molecule has 1 heterocycles. The first-order valence-electron chi connectivity index (χ1n) is 17.8. The van der Waals surface area contributed by atoms with E-state index < -0.39 is 11.3 Å². The maximum atomic E-state index is 13.9. The minimum absolute atomic E-state index is 0.167. The van der Waals surface area contributed by atoms with Crippen molar-refractivity contribution in [3.63, 3.8) is 0 Å². The van der Waals surface area contributed by atoms with Crippen LogP contribution in [0.5, 0.6) is 11.5 Å². The summed E-state index contributed by atoms with van der Waals surface area (Å²) in [4.78, 5) is 15.7. The highest BCUT2D eigenvalue weighted by Crippen LogP contribution is 2.41. The molecule has 8 nitrogen and oxygen atoms in total. The fourth-order valence-corrected chi connectivity index (χ4v) is 6.48. The van der Waals surface area contributed by atoms with Crippen LogP contribution in [0.4, 0.5) is 4.79 Å². The Kier molecular flexibility index (Phi) is 15.1. The van der Waals surface area contributed by atoms with Crippen molar-refractivity contribution >= 4 is 6.09 Å². The Morgan fingerprint density at radius 1 is 0.896 bits per heavy atom. The van der Waals surface area contributed by atoms with Gasteiger partial charge in [0.2, 0.25) is 0 Å². The van der Waals surface area contributed by atoms with E-state index in [-0.39, 0.29) is 24.2 Å². The van der Waals surface area contributed by atoms with Crippen molar-refractivity contribution in [2.75, 3.05) is 34.0 Å². The van der Waals surface area contributed by atoms with Crippen molar-refractivity contribution in [2.24, 2.45) is 23.7 Å². The molecule has 0 aromatic heterocycles. The molecule has 0 bridgehead atoms. The topological polar surface area (TPSA) is 75.7 Å². The van der Waals surface area contributed by atoms with Crippen molar-refractivity contribution in [1.82, 2.24) is 4.90 Å². The lowest BCUT2D eigenvalue weighted by Crippen LogP contribution is -2.51. The normalized spacial score (nSPS) is 19.1. The van der Waals surface area contributed by atoms with Gasteiger partial charge < -0.3 is 28.4 Å². The lowest BCUT2D eigenvalue weighted by atomic mass is 9.81. The Labute approximate surface area is 290 Å². The van der Waals surface area contributed by atoms with E-state index in [1.54, 1.807) is 14.2 Å². The van der Waals surface area contributed by atoms with Crippen molar-refractivity contribution < 1.29 is 33.2 Å². The lowest BCUT2D eigenvalue weighted by molar-refractivity contribution is -0.0830. The summed E-state index contributed by atoms with van der Waals surface area (Å²) < 4.78 is 36.0. The predicted octanol–water partition coefficient (Wildman–Crippen LogP) is 8.94. The number of nitrogens with zero attached hydrogens (tertiary/aromatic N) is 1. The Hall–Kier alpha value is -2.81. The maximum Gasteiger partial charge on any atom is 0.412 e. The Balaban J connectivity index is 1.86. The molecular formula is C40H63NO7. The van der Waals surface area contributed by atoms with Gasteiger partial charge in [-0.15, -0.1) is 0 Å². The number of carbonyl (C=O) groups is 1. The number of hydrogen-bond donors (Lipinski definition) is 0. The molecule has 270 valence electrons. The van der Waals surface area contributed by atoms with E-state index in [0.717, 1.165) is 42.7 Å². The fraction of sp³-hybridized carbons (Fsp3) is 0.675. The van der Waals surface area contributed by atoms with Gasteiger partial charge in [0.05, 0.1) is 39.1 Å². The van der Waals surface area contributed by atoms with Crippen LogP contribution in [0, 0.1) is 23.7 Å². The van der Waals surface area contributed by atoms with Gasteiger partial charge in [-0.2, -0.15) is 0 Å². The van der Waals surface area contributed by atoms with Gasteiger partial charge >= 0.3 is 6.09 Å². The third-order valence-corrected chi connectivity index (χ3v) is 9.26. The highest BCUT2D eigenvalue weighted by Gasteiger charge is 2.52. The van der Waals surface area contributed by atoms with Crippen LogP contribution in [0.25, 0.3) is 0 Å². The van der Waals surface area contributed by atoms with Crippen LogP contribution >= 0.6 is 0 Å². The number of methoxy groups -OCH3 is 2. The fourth-order valence-electron chi connectivity index (χ4n) is 6.48. The van der Waals surface area contributed by atoms with E-state index in [4.69, 9.17) is 28.4 Å². The van der Waals surface area contributed by atoms with Crippen LogP contribution in [-0.2, 0) is 32.0 Å². The number of rotatable bonds is 18. The predicted molar refractivity (Wildman–Crippen MR) is 191 cm³/mol. The molecule has 0 aliphatic carbocycles. The Morgan fingerprint density at radius 3 is 2.19 bits per heavy atom. The van der Waals surface area contributed by atoms with Gasteiger partial charge in [-0.05, 0) is 101 Å². The van der Waals surface area contributed by atoms with Gasteiger partial charge in [-0.25, -0.2) is 4.79 Å². The zero-order chi connectivity index (χ0) is 35.5. The van der Waals surface area contributed by atoms with E-state index in [2.05, 4.69) is 52.0 Å². The quantitative estimate of drug-likeness (QED) is 0.147. The van der Waals surface area contributed by atoms with Gasteiger partial charge in [0.15, 0.2) is 11.5 Å². The number of carbonyl (C=O) groups excluding carboxylic acids is 1. The lowest BCUT2D eigenvalue weighted by Gasteiger charge is -2.37. The molecule has 0 spiro atoms. The molecule has 1 aliphatic heterocycles. The smallest absolute Gasteiger partial charge is 0.412 e. The molecule has 48 heavy (non-hydrogen) atoms. The molecule has 1 saturated heterocycles. The van der Waals surface area contributed by atoms with Gasteiger partial charge in [-0.1, -0.05) is 64.1 Å². The molecule has 0 N–H and O–H groups in total. The number of ether oxygens (including phenoxy) is 6. The molecule has 4 atom stereocenters. The number of hydrogen-bond acceptors (Lipinski definition) is 7. The van der Waals surface area contributed by atoms with Crippen LogP contribution < -0.4 is 9.47 Å². The van der Waals surface area contributed by atoms with E-state index >= 15 is 0 Å². The van der Waals surface area contributed by atoms with Crippen LogP contribution in [0.1, 0.15) is 92.7 Å². The van der Waals surface area contributed by atoms with Gasteiger partial charge in [-0.3, -0.25) is 4.90 Å². The van der Waals surface area contributed by atoms with E-state index in [1.165, 1.54) is 5.56 Å². The van der Waals surface area contributed by atoms with E-state index in [1.807, 2.05) is 63.8 Å². The van der Waals surface area contributed by atoms with E-state index in [9.17, 15) is 4.79 Å². The summed E-state index contributed by atoms with van der Waals surface area (Å²) >= 11 is 0. The van der Waals surface area contributed by atoms with Crippen LogP contribution in [0.15, 0.2) is 48.5 Å². The molecule has 0 radical (unpaired) electrons. The molecule has 1 aliphatic rings. The first-order chi connectivity index (χ1) is 22.6. The first kappa shape index (κ1) is 39.6. The van der Waals surface area contributed by atoms with Gasteiger partial charge in [0, 0.05) is 20.1 Å². The zero-order valence-corrected chi connectivity index (χ0v) is 31.5.